The molecule has 0 radical (unpaired) electrons. The second-order valence-corrected chi connectivity index (χ2v) is 4.10. The highest BCUT2D eigenvalue weighted by atomic mass is 16.5. The Balaban J connectivity index is 2.71. The summed E-state index contributed by atoms with van der Waals surface area (Å²) < 4.78 is 10.7. The van der Waals surface area contributed by atoms with Gasteiger partial charge < -0.3 is 14.4 Å². The predicted molar refractivity (Wildman–Crippen MR) is 63.6 cm³/mol. The number of nitrogens with zero attached hydrogens (tertiary/aromatic N) is 2. The molecule has 0 aliphatic rings. The summed E-state index contributed by atoms with van der Waals surface area (Å²) in [6, 6.07) is 0. The minimum atomic E-state index is -0.432. The van der Waals surface area contributed by atoms with Crippen LogP contribution in [0.3, 0.4) is 0 Å². The molecule has 0 aliphatic carbocycles. The van der Waals surface area contributed by atoms with Crippen LogP contribution in [0.2, 0.25) is 0 Å². The third kappa shape index (κ3) is 3.26. The van der Waals surface area contributed by atoms with E-state index in [0.29, 0.717) is 18.1 Å². The molecular formula is C12H22N2O3. The molecule has 0 aliphatic heterocycles. The Labute approximate surface area is 102 Å². The minimum absolute atomic E-state index is 0.201. The number of hydrogen-bond donors (Lipinski definition) is 1. The molecule has 1 aromatic rings. The summed E-state index contributed by atoms with van der Waals surface area (Å²) in [6.45, 7) is 4.30. The van der Waals surface area contributed by atoms with E-state index >= 15 is 0 Å². The summed E-state index contributed by atoms with van der Waals surface area (Å²) in [6.07, 6.45) is 3.96. The molecule has 1 heterocycles. The largest absolute Gasteiger partial charge is 0.396 e. The molecule has 0 aromatic carbocycles. The first-order valence-corrected chi connectivity index (χ1v) is 6.21. The molecule has 0 saturated heterocycles. The first-order chi connectivity index (χ1) is 8.22. The van der Waals surface area contributed by atoms with Gasteiger partial charge in [-0.05, 0) is 25.7 Å². The van der Waals surface area contributed by atoms with Gasteiger partial charge in [0.25, 0.3) is 0 Å². The fourth-order valence-corrected chi connectivity index (χ4v) is 1.88. The van der Waals surface area contributed by atoms with Gasteiger partial charge in [0.15, 0.2) is 0 Å². The Kier molecular flexibility index (Phi) is 5.58. The van der Waals surface area contributed by atoms with Crippen LogP contribution in [0.25, 0.3) is 0 Å². The van der Waals surface area contributed by atoms with Crippen molar-refractivity contribution in [3.63, 3.8) is 0 Å². The maximum Gasteiger partial charge on any atom is 0.226 e. The van der Waals surface area contributed by atoms with Crippen molar-refractivity contribution in [2.45, 2.75) is 51.6 Å². The SMILES string of the molecule is CCC(CC)(OC)c1noc(CCCCO)n1. The molecule has 0 spiro atoms. The van der Waals surface area contributed by atoms with E-state index in [2.05, 4.69) is 24.0 Å². The van der Waals surface area contributed by atoms with Gasteiger partial charge in [-0.2, -0.15) is 4.98 Å². The van der Waals surface area contributed by atoms with Crippen molar-refractivity contribution in [2.24, 2.45) is 0 Å². The molecule has 5 heteroatoms. The molecule has 0 amide bonds. The lowest BCUT2D eigenvalue weighted by atomic mass is 9.96. The van der Waals surface area contributed by atoms with Crippen LogP contribution in [-0.4, -0.2) is 29.0 Å². The third-order valence-corrected chi connectivity index (χ3v) is 3.21. The minimum Gasteiger partial charge on any atom is -0.396 e. The Bertz CT molecular complexity index is 313. The lowest BCUT2D eigenvalue weighted by Crippen LogP contribution is -2.28. The van der Waals surface area contributed by atoms with Crippen molar-refractivity contribution < 1.29 is 14.4 Å². The van der Waals surface area contributed by atoms with Crippen LogP contribution in [0.15, 0.2) is 4.52 Å². The molecule has 17 heavy (non-hydrogen) atoms. The van der Waals surface area contributed by atoms with Gasteiger partial charge in [-0.25, -0.2) is 0 Å². The van der Waals surface area contributed by atoms with E-state index < -0.39 is 5.60 Å². The smallest absolute Gasteiger partial charge is 0.226 e. The standard InChI is InChI=1S/C12H22N2O3/c1-4-12(5-2,16-3)11-13-10(17-14-11)8-6-7-9-15/h15H,4-9H2,1-3H3. The molecule has 0 fully saturated rings. The van der Waals surface area contributed by atoms with E-state index in [4.69, 9.17) is 14.4 Å². The normalized spacial score (nSPS) is 12.0. The van der Waals surface area contributed by atoms with E-state index in [-0.39, 0.29) is 6.61 Å². The number of ether oxygens (including phenoxy) is 1. The highest BCUT2D eigenvalue weighted by Gasteiger charge is 2.33. The summed E-state index contributed by atoms with van der Waals surface area (Å²) in [5.41, 5.74) is -0.432. The van der Waals surface area contributed by atoms with Crippen LogP contribution in [0.5, 0.6) is 0 Å². The van der Waals surface area contributed by atoms with Crippen molar-refractivity contribution in [3.8, 4) is 0 Å². The summed E-state index contributed by atoms with van der Waals surface area (Å²) in [5.74, 6) is 1.25. The van der Waals surface area contributed by atoms with Gasteiger partial charge in [0.2, 0.25) is 11.7 Å². The average Bonchev–Trinajstić information content (AvgIpc) is 2.82. The lowest BCUT2D eigenvalue weighted by molar-refractivity contribution is -0.0306. The number of aliphatic hydroxyl groups excluding tert-OH is 1. The molecule has 5 nitrogen and oxygen atoms in total. The molecule has 0 atom stereocenters. The Morgan fingerprint density at radius 3 is 2.53 bits per heavy atom. The number of methoxy groups -OCH3 is 1. The van der Waals surface area contributed by atoms with Gasteiger partial charge in [-0.1, -0.05) is 19.0 Å². The van der Waals surface area contributed by atoms with Gasteiger partial charge in [0, 0.05) is 20.1 Å². The van der Waals surface area contributed by atoms with Crippen molar-refractivity contribution in [2.75, 3.05) is 13.7 Å². The molecule has 1 aromatic heterocycles. The second kappa shape index (κ2) is 6.71. The first kappa shape index (κ1) is 14.1. The van der Waals surface area contributed by atoms with Crippen LogP contribution in [0.4, 0.5) is 0 Å². The molecule has 1 N–H and O–H groups in total. The average molecular weight is 242 g/mol. The van der Waals surface area contributed by atoms with Gasteiger partial charge >= 0.3 is 0 Å². The highest BCUT2D eigenvalue weighted by molar-refractivity contribution is 5.00. The fourth-order valence-electron chi connectivity index (χ4n) is 1.88. The number of unbranched alkanes of at least 4 members (excludes halogenated alkanes) is 1. The summed E-state index contributed by atoms with van der Waals surface area (Å²) >= 11 is 0. The van der Waals surface area contributed by atoms with Gasteiger partial charge in [0.1, 0.15) is 5.60 Å². The van der Waals surface area contributed by atoms with E-state index in [0.717, 1.165) is 25.7 Å². The van der Waals surface area contributed by atoms with E-state index in [1.54, 1.807) is 7.11 Å². The molecular weight excluding hydrogens is 220 g/mol. The predicted octanol–water partition coefficient (Wildman–Crippen LogP) is 2.05. The highest BCUT2D eigenvalue weighted by Crippen LogP contribution is 2.30. The summed E-state index contributed by atoms with van der Waals surface area (Å²) in [4.78, 5) is 4.38. The fraction of sp³-hybridized carbons (Fsp3) is 0.833. The van der Waals surface area contributed by atoms with Crippen LogP contribution in [0, 0.1) is 0 Å². The summed E-state index contributed by atoms with van der Waals surface area (Å²) in [5, 5.41) is 12.7. The molecule has 1 rings (SSSR count). The Hall–Kier alpha value is -0.940. The van der Waals surface area contributed by atoms with E-state index in [1.807, 2.05) is 0 Å². The maximum absolute atomic E-state index is 8.71. The molecule has 0 bridgehead atoms. The maximum atomic E-state index is 8.71. The number of aromatic nitrogens is 2. The Morgan fingerprint density at radius 1 is 1.29 bits per heavy atom. The third-order valence-electron chi connectivity index (χ3n) is 3.21. The Morgan fingerprint density at radius 2 is 2.00 bits per heavy atom. The van der Waals surface area contributed by atoms with Crippen LogP contribution >= 0.6 is 0 Å². The van der Waals surface area contributed by atoms with Crippen molar-refractivity contribution >= 4 is 0 Å². The van der Waals surface area contributed by atoms with E-state index in [9.17, 15) is 0 Å². The second-order valence-electron chi connectivity index (χ2n) is 4.10. The first-order valence-electron chi connectivity index (χ1n) is 6.21. The number of rotatable bonds is 8. The molecule has 0 saturated carbocycles. The topological polar surface area (TPSA) is 68.4 Å². The molecule has 0 unspecified atom stereocenters. The van der Waals surface area contributed by atoms with Gasteiger partial charge in [-0.3, -0.25) is 0 Å². The summed E-state index contributed by atoms with van der Waals surface area (Å²) in [7, 11) is 1.68. The quantitative estimate of drug-likeness (QED) is 0.706. The van der Waals surface area contributed by atoms with Crippen LogP contribution < -0.4 is 0 Å². The van der Waals surface area contributed by atoms with Crippen LogP contribution in [0.1, 0.15) is 51.2 Å². The van der Waals surface area contributed by atoms with Crippen molar-refractivity contribution in [3.05, 3.63) is 11.7 Å². The van der Waals surface area contributed by atoms with E-state index in [1.165, 1.54) is 0 Å². The van der Waals surface area contributed by atoms with Gasteiger partial charge in [0.05, 0.1) is 0 Å². The van der Waals surface area contributed by atoms with Crippen molar-refractivity contribution in [1.82, 2.24) is 10.1 Å². The number of hydrogen-bond acceptors (Lipinski definition) is 5. The molecule has 98 valence electrons. The number of aliphatic hydroxyl groups is 1. The lowest BCUT2D eigenvalue weighted by Gasteiger charge is -2.25. The zero-order valence-corrected chi connectivity index (χ0v) is 10.9. The number of aryl methyl sites for hydroxylation is 1. The van der Waals surface area contributed by atoms with Crippen molar-refractivity contribution in [1.29, 1.82) is 0 Å². The van der Waals surface area contributed by atoms with Gasteiger partial charge in [-0.15, -0.1) is 0 Å². The monoisotopic (exact) mass is 242 g/mol. The zero-order valence-electron chi connectivity index (χ0n) is 10.9. The van der Waals surface area contributed by atoms with Crippen LogP contribution in [-0.2, 0) is 16.8 Å². The zero-order chi connectivity index (χ0) is 12.7.